The van der Waals surface area contributed by atoms with E-state index in [9.17, 15) is 0 Å². The zero-order valence-electron chi connectivity index (χ0n) is 8.84. The second kappa shape index (κ2) is 4.84. The lowest BCUT2D eigenvalue weighted by Crippen LogP contribution is -2.51. The van der Waals surface area contributed by atoms with Gasteiger partial charge in [0, 0.05) is 42.8 Å². The second-order valence-corrected chi connectivity index (χ2v) is 5.62. The van der Waals surface area contributed by atoms with Gasteiger partial charge in [-0.3, -0.25) is 0 Å². The Kier molecular flexibility index (Phi) is 3.71. The fraction of sp³-hybridized carbons (Fsp3) is 1.00. The molecule has 0 aromatic carbocycles. The van der Waals surface area contributed by atoms with Crippen molar-refractivity contribution >= 4 is 11.8 Å². The first-order valence-electron chi connectivity index (χ1n) is 5.42. The molecule has 0 aromatic heterocycles. The summed E-state index contributed by atoms with van der Waals surface area (Å²) < 4.78 is 5.41. The number of hydrogen-bond donors (Lipinski definition) is 2. The summed E-state index contributed by atoms with van der Waals surface area (Å²) in [6.07, 6.45) is 1.15. The number of hydrogen-bond acceptors (Lipinski definition) is 4. The van der Waals surface area contributed by atoms with Crippen molar-refractivity contribution in [2.45, 2.75) is 24.9 Å². The van der Waals surface area contributed by atoms with E-state index in [1.807, 2.05) is 0 Å². The Balaban J connectivity index is 1.70. The van der Waals surface area contributed by atoms with Gasteiger partial charge in [-0.2, -0.15) is 11.8 Å². The predicted molar refractivity (Wildman–Crippen MR) is 61.0 cm³/mol. The van der Waals surface area contributed by atoms with Crippen LogP contribution in [0.15, 0.2) is 0 Å². The van der Waals surface area contributed by atoms with Gasteiger partial charge in [-0.1, -0.05) is 0 Å². The maximum Gasteiger partial charge on any atom is 0.0646 e. The molecule has 0 radical (unpaired) electrons. The highest BCUT2D eigenvalue weighted by atomic mass is 32.2. The van der Waals surface area contributed by atoms with E-state index in [4.69, 9.17) is 4.74 Å². The summed E-state index contributed by atoms with van der Waals surface area (Å²) in [5, 5.41) is 7.16. The number of rotatable bonds is 3. The SMILES string of the molecule is CC1(NCC2CSCCN2)CCOC1. The van der Waals surface area contributed by atoms with Gasteiger partial charge in [-0.05, 0) is 13.3 Å². The summed E-state index contributed by atoms with van der Waals surface area (Å²) in [6, 6.07) is 0.645. The summed E-state index contributed by atoms with van der Waals surface area (Å²) in [7, 11) is 0. The molecule has 2 unspecified atom stereocenters. The van der Waals surface area contributed by atoms with Gasteiger partial charge in [0.15, 0.2) is 0 Å². The molecule has 0 aromatic rings. The lowest BCUT2D eigenvalue weighted by Gasteiger charge is -2.29. The van der Waals surface area contributed by atoms with Crippen LogP contribution in [-0.4, -0.2) is 49.4 Å². The highest BCUT2D eigenvalue weighted by Crippen LogP contribution is 2.17. The van der Waals surface area contributed by atoms with Crippen molar-refractivity contribution in [3.05, 3.63) is 0 Å². The monoisotopic (exact) mass is 216 g/mol. The molecule has 82 valence electrons. The van der Waals surface area contributed by atoms with Crippen LogP contribution in [-0.2, 0) is 4.74 Å². The molecule has 2 N–H and O–H groups in total. The summed E-state index contributed by atoms with van der Waals surface area (Å²) in [5.74, 6) is 2.50. The van der Waals surface area contributed by atoms with Gasteiger partial charge in [0.05, 0.1) is 6.61 Å². The molecule has 2 saturated heterocycles. The second-order valence-electron chi connectivity index (χ2n) is 4.47. The van der Waals surface area contributed by atoms with Crippen LogP contribution in [0.3, 0.4) is 0 Å². The molecule has 0 saturated carbocycles. The van der Waals surface area contributed by atoms with Crippen LogP contribution >= 0.6 is 11.8 Å². The van der Waals surface area contributed by atoms with Crippen molar-refractivity contribution < 1.29 is 4.74 Å². The minimum Gasteiger partial charge on any atom is -0.379 e. The third-order valence-electron chi connectivity index (χ3n) is 2.99. The average Bonchev–Trinajstić information content (AvgIpc) is 2.65. The highest BCUT2D eigenvalue weighted by molar-refractivity contribution is 7.99. The molecule has 0 spiro atoms. The van der Waals surface area contributed by atoms with E-state index in [2.05, 4.69) is 29.3 Å². The standard InChI is InChI=1S/C10H20N2OS/c1-10(2-4-13-8-10)12-6-9-7-14-5-3-11-9/h9,11-12H,2-8H2,1H3. The number of thioether (sulfide) groups is 1. The minimum atomic E-state index is 0.226. The highest BCUT2D eigenvalue weighted by Gasteiger charge is 2.29. The molecule has 2 fully saturated rings. The van der Waals surface area contributed by atoms with Crippen LogP contribution in [0, 0.1) is 0 Å². The first kappa shape index (κ1) is 10.7. The van der Waals surface area contributed by atoms with Crippen molar-refractivity contribution in [2.75, 3.05) is 37.8 Å². The lowest BCUT2D eigenvalue weighted by molar-refractivity contribution is 0.171. The van der Waals surface area contributed by atoms with Gasteiger partial charge in [-0.15, -0.1) is 0 Å². The maximum atomic E-state index is 5.41. The fourth-order valence-electron chi connectivity index (χ4n) is 1.93. The first-order chi connectivity index (χ1) is 6.79. The normalized spacial score (nSPS) is 38.8. The van der Waals surface area contributed by atoms with Crippen molar-refractivity contribution in [2.24, 2.45) is 0 Å². The summed E-state index contributed by atoms with van der Waals surface area (Å²) in [4.78, 5) is 0. The molecule has 0 aliphatic carbocycles. The van der Waals surface area contributed by atoms with Gasteiger partial charge in [-0.25, -0.2) is 0 Å². The third-order valence-corrected chi connectivity index (χ3v) is 4.12. The smallest absolute Gasteiger partial charge is 0.0646 e. The van der Waals surface area contributed by atoms with E-state index in [-0.39, 0.29) is 5.54 Å². The van der Waals surface area contributed by atoms with E-state index in [0.29, 0.717) is 6.04 Å². The molecule has 2 aliphatic heterocycles. The Morgan fingerprint density at radius 3 is 3.21 bits per heavy atom. The van der Waals surface area contributed by atoms with Crippen LogP contribution in [0.1, 0.15) is 13.3 Å². The van der Waals surface area contributed by atoms with Crippen molar-refractivity contribution in [3.63, 3.8) is 0 Å². The summed E-state index contributed by atoms with van der Waals surface area (Å²) in [5.41, 5.74) is 0.226. The Morgan fingerprint density at radius 2 is 2.57 bits per heavy atom. The maximum absolute atomic E-state index is 5.41. The fourth-order valence-corrected chi connectivity index (χ4v) is 2.88. The molecule has 3 nitrogen and oxygen atoms in total. The molecule has 14 heavy (non-hydrogen) atoms. The van der Waals surface area contributed by atoms with Crippen molar-refractivity contribution in [1.29, 1.82) is 0 Å². The number of nitrogens with one attached hydrogen (secondary N) is 2. The summed E-state index contributed by atoms with van der Waals surface area (Å²) >= 11 is 2.05. The minimum absolute atomic E-state index is 0.226. The lowest BCUT2D eigenvalue weighted by atomic mass is 10.0. The molecule has 0 bridgehead atoms. The van der Waals surface area contributed by atoms with Crippen molar-refractivity contribution in [3.8, 4) is 0 Å². The zero-order valence-corrected chi connectivity index (χ0v) is 9.66. The molecule has 0 amide bonds. The largest absolute Gasteiger partial charge is 0.379 e. The molecular weight excluding hydrogens is 196 g/mol. The van der Waals surface area contributed by atoms with Crippen LogP contribution in [0.4, 0.5) is 0 Å². The molecule has 2 atom stereocenters. The van der Waals surface area contributed by atoms with E-state index in [0.717, 1.165) is 32.7 Å². The molecule has 4 heteroatoms. The Hall–Kier alpha value is 0.230. The van der Waals surface area contributed by atoms with Crippen LogP contribution < -0.4 is 10.6 Å². The molecular formula is C10H20N2OS. The van der Waals surface area contributed by atoms with Gasteiger partial charge >= 0.3 is 0 Å². The van der Waals surface area contributed by atoms with Crippen LogP contribution in [0.25, 0.3) is 0 Å². The van der Waals surface area contributed by atoms with Gasteiger partial charge in [0.1, 0.15) is 0 Å². The summed E-state index contributed by atoms with van der Waals surface area (Å²) in [6.45, 7) is 6.27. The van der Waals surface area contributed by atoms with E-state index in [1.54, 1.807) is 0 Å². The Labute approximate surface area is 90.3 Å². The van der Waals surface area contributed by atoms with Crippen LogP contribution in [0.2, 0.25) is 0 Å². The molecule has 2 aliphatic rings. The third kappa shape index (κ3) is 2.86. The average molecular weight is 216 g/mol. The quantitative estimate of drug-likeness (QED) is 0.718. The van der Waals surface area contributed by atoms with E-state index in [1.165, 1.54) is 11.5 Å². The number of ether oxygens (including phenoxy) is 1. The Morgan fingerprint density at radius 1 is 1.64 bits per heavy atom. The van der Waals surface area contributed by atoms with E-state index >= 15 is 0 Å². The molecule has 2 rings (SSSR count). The predicted octanol–water partition coefficient (Wildman–Crippen LogP) is 0.460. The van der Waals surface area contributed by atoms with Crippen molar-refractivity contribution in [1.82, 2.24) is 10.6 Å². The van der Waals surface area contributed by atoms with E-state index < -0.39 is 0 Å². The van der Waals surface area contributed by atoms with Gasteiger partial charge in [0.2, 0.25) is 0 Å². The van der Waals surface area contributed by atoms with Crippen LogP contribution in [0.5, 0.6) is 0 Å². The topological polar surface area (TPSA) is 33.3 Å². The van der Waals surface area contributed by atoms with Gasteiger partial charge < -0.3 is 15.4 Å². The van der Waals surface area contributed by atoms with Gasteiger partial charge in [0.25, 0.3) is 0 Å². The Bertz CT molecular complexity index is 177. The molecule has 2 heterocycles. The first-order valence-corrected chi connectivity index (χ1v) is 6.58. The zero-order chi connectivity index (χ0) is 9.86.